The SMILES string of the molecule is NCC1CC1c1cc[nH]c1. The summed E-state index contributed by atoms with van der Waals surface area (Å²) in [4.78, 5) is 3.05. The van der Waals surface area contributed by atoms with Gasteiger partial charge in [0.1, 0.15) is 0 Å². The molecular formula is C8H12N2. The molecule has 1 heterocycles. The van der Waals surface area contributed by atoms with Gasteiger partial charge in [-0.25, -0.2) is 0 Å². The molecule has 2 atom stereocenters. The van der Waals surface area contributed by atoms with Gasteiger partial charge in [-0.2, -0.15) is 0 Å². The van der Waals surface area contributed by atoms with Gasteiger partial charge in [-0.1, -0.05) is 0 Å². The summed E-state index contributed by atoms with van der Waals surface area (Å²) in [5, 5.41) is 0. The molecule has 2 nitrogen and oxygen atoms in total. The first kappa shape index (κ1) is 5.98. The van der Waals surface area contributed by atoms with Crippen LogP contribution in [0, 0.1) is 5.92 Å². The molecule has 1 aliphatic rings. The van der Waals surface area contributed by atoms with Crippen LogP contribution in [0.3, 0.4) is 0 Å². The van der Waals surface area contributed by atoms with Crippen LogP contribution in [0.5, 0.6) is 0 Å². The van der Waals surface area contributed by atoms with Crippen molar-refractivity contribution < 1.29 is 0 Å². The van der Waals surface area contributed by atoms with Crippen molar-refractivity contribution in [3.8, 4) is 0 Å². The molecule has 0 aromatic carbocycles. The minimum absolute atomic E-state index is 0.760. The summed E-state index contributed by atoms with van der Waals surface area (Å²) in [7, 11) is 0. The van der Waals surface area contributed by atoms with Crippen LogP contribution in [-0.2, 0) is 0 Å². The molecular weight excluding hydrogens is 124 g/mol. The van der Waals surface area contributed by atoms with Crippen molar-refractivity contribution in [1.82, 2.24) is 4.98 Å². The molecule has 1 aromatic heterocycles. The van der Waals surface area contributed by atoms with E-state index in [4.69, 9.17) is 5.73 Å². The zero-order valence-corrected chi connectivity index (χ0v) is 5.88. The zero-order valence-electron chi connectivity index (χ0n) is 5.88. The van der Waals surface area contributed by atoms with Gasteiger partial charge in [0.25, 0.3) is 0 Å². The molecule has 0 amide bonds. The summed E-state index contributed by atoms with van der Waals surface area (Å²) >= 11 is 0. The standard InChI is InChI=1S/C8H12N2/c9-4-7-3-8(7)6-1-2-10-5-6/h1-2,5,7-8,10H,3-4,9H2. The van der Waals surface area contributed by atoms with Crippen LogP contribution in [0.25, 0.3) is 0 Å². The van der Waals surface area contributed by atoms with E-state index in [0.29, 0.717) is 0 Å². The van der Waals surface area contributed by atoms with E-state index in [1.807, 2.05) is 6.20 Å². The molecule has 1 aliphatic carbocycles. The van der Waals surface area contributed by atoms with E-state index in [9.17, 15) is 0 Å². The monoisotopic (exact) mass is 136 g/mol. The molecule has 1 aromatic rings. The van der Waals surface area contributed by atoms with Gasteiger partial charge in [0.15, 0.2) is 0 Å². The minimum atomic E-state index is 0.760. The largest absolute Gasteiger partial charge is 0.367 e. The Kier molecular flexibility index (Phi) is 1.27. The van der Waals surface area contributed by atoms with Crippen molar-refractivity contribution in [3.63, 3.8) is 0 Å². The lowest BCUT2D eigenvalue weighted by atomic mass is 10.2. The lowest BCUT2D eigenvalue weighted by Crippen LogP contribution is -2.01. The molecule has 1 saturated carbocycles. The summed E-state index contributed by atoms with van der Waals surface area (Å²) in [5.74, 6) is 1.52. The molecule has 0 radical (unpaired) electrons. The lowest BCUT2D eigenvalue weighted by molar-refractivity contribution is 0.810. The first-order valence-electron chi connectivity index (χ1n) is 3.74. The number of aromatic amines is 1. The van der Waals surface area contributed by atoms with Crippen LogP contribution in [-0.4, -0.2) is 11.5 Å². The fourth-order valence-corrected chi connectivity index (χ4v) is 1.48. The molecule has 0 saturated heterocycles. The van der Waals surface area contributed by atoms with Crippen molar-refractivity contribution in [2.75, 3.05) is 6.54 Å². The molecule has 0 bridgehead atoms. The van der Waals surface area contributed by atoms with Crippen molar-refractivity contribution in [3.05, 3.63) is 24.0 Å². The minimum Gasteiger partial charge on any atom is -0.367 e. The van der Waals surface area contributed by atoms with Gasteiger partial charge >= 0.3 is 0 Å². The maximum Gasteiger partial charge on any atom is 0.00402 e. The molecule has 2 heteroatoms. The van der Waals surface area contributed by atoms with Gasteiger partial charge in [-0.15, -0.1) is 0 Å². The van der Waals surface area contributed by atoms with Gasteiger partial charge in [-0.05, 0) is 36.4 Å². The Bertz CT molecular complexity index is 203. The van der Waals surface area contributed by atoms with E-state index in [0.717, 1.165) is 18.4 Å². The Morgan fingerprint density at radius 1 is 1.70 bits per heavy atom. The van der Waals surface area contributed by atoms with Crippen LogP contribution in [0.2, 0.25) is 0 Å². The highest BCUT2D eigenvalue weighted by molar-refractivity contribution is 5.22. The number of rotatable bonds is 2. The van der Waals surface area contributed by atoms with Crippen molar-refractivity contribution in [1.29, 1.82) is 0 Å². The summed E-state index contributed by atoms with van der Waals surface area (Å²) < 4.78 is 0. The van der Waals surface area contributed by atoms with E-state index in [-0.39, 0.29) is 0 Å². The highest BCUT2D eigenvalue weighted by Crippen LogP contribution is 2.46. The summed E-state index contributed by atoms with van der Waals surface area (Å²) in [6.45, 7) is 0.843. The third-order valence-electron chi connectivity index (χ3n) is 2.28. The van der Waals surface area contributed by atoms with E-state index in [2.05, 4.69) is 17.2 Å². The lowest BCUT2D eigenvalue weighted by Gasteiger charge is -1.90. The van der Waals surface area contributed by atoms with E-state index >= 15 is 0 Å². The summed E-state index contributed by atoms with van der Waals surface area (Å²) in [6.07, 6.45) is 5.33. The molecule has 10 heavy (non-hydrogen) atoms. The average Bonchev–Trinajstić information content (AvgIpc) is 2.56. The van der Waals surface area contributed by atoms with Crippen LogP contribution in [0.15, 0.2) is 18.5 Å². The molecule has 2 rings (SSSR count). The molecule has 54 valence electrons. The molecule has 0 spiro atoms. The number of aromatic nitrogens is 1. The van der Waals surface area contributed by atoms with E-state index in [1.54, 1.807) is 0 Å². The Morgan fingerprint density at radius 2 is 2.60 bits per heavy atom. The Hall–Kier alpha value is -0.760. The highest BCUT2D eigenvalue weighted by atomic mass is 14.7. The Balaban J connectivity index is 2.05. The number of hydrogen-bond acceptors (Lipinski definition) is 1. The van der Waals surface area contributed by atoms with Gasteiger partial charge < -0.3 is 10.7 Å². The van der Waals surface area contributed by atoms with Crippen molar-refractivity contribution in [2.24, 2.45) is 11.7 Å². The van der Waals surface area contributed by atoms with Gasteiger partial charge in [0, 0.05) is 12.4 Å². The summed E-state index contributed by atoms with van der Waals surface area (Å²) in [6, 6.07) is 2.14. The second-order valence-corrected chi connectivity index (χ2v) is 2.98. The Labute approximate surface area is 60.4 Å². The van der Waals surface area contributed by atoms with Gasteiger partial charge in [0.2, 0.25) is 0 Å². The molecule has 0 aliphatic heterocycles. The third-order valence-corrected chi connectivity index (χ3v) is 2.28. The second kappa shape index (κ2) is 2.13. The first-order chi connectivity index (χ1) is 4.92. The van der Waals surface area contributed by atoms with Crippen LogP contribution in [0.4, 0.5) is 0 Å². The van der Waals surface area contributed by atoms with Crippen LogP contribution in [0.1, 0.15) is 17.9 Å². The van der Waals surface area contributed by atoms with E-state index in [1.165, 1.54) is 12.0 Å². The topological polar surface area (TPSA) is 41.8 Å². The van der Waals surface area contributed by atoms with Crippen molar-refractivity contribution in [2.45, 2.75) is 12.3 Å². The third kappa shape index (κ3) is 0.847. The smallest absolute Gasteiger partial charge is 0.00402 e. The molecule has 1 fully saturated rings. The van der Waals surface area contributed by atoms with Crippen LogP contribution < -0.4 is 5.73 Å². The molecule has 3 N–H and O–H groups in total. The van der Waals surface area contributed by atoms with Gasteiger partial charge in [0.05, 0.1) is 0 Å². The first-order valence-corrected chi connectivity index (χ1v) is 3.74. The maximum absolute atomic E-state index is 5.52. The number of hydrogen-bond donors (Lipinski definition) is 2. The second-order valence-electron chi connectivity index (χ2n) is 2.98. The zero-order chi connectivity index (χ0) is 6.97. The summed E-state index contributed by atoms with van der Waals surface area (Å²) in [5.41, 5.74) is 6.95. The maximum atomic E-state index is 5.52. The normalized spacial score (nSPS) is 30.5. The number of nitrogens with two attached hydrogens (primary N) is 1. The fourth-order valence-electron chi connectivity index (χ4n) is 1.48. The van der Waals surface area contributed by atoms with Crippen LogP contribution >= 0.6 is 0 Å². The quantitative estimate of drug-likeness (QED) is 0.627. The van der Waals surface area contributed by atoms with E-state index < -0.39 is 0 Å². The highest BCUT2D eigenvalue weighted by Gasteiger charge is 2.36. The van der Waals surface area contributed by atoms with Crippen molar-refractivity contribution >= 4 is 0 Å². The average molecular weight is 136 g/mol. The Morgan fingerprint density at radius 3 is 3.10 bits per heavy atom. The van der Waals surface area contributed by atoms with Gasteiger partial charge in [-0.3, -0.25) is 0 Å². The predicted octanol–water partition coefficient (Wildman–Crippen LogP) is 1.08. The fraction of sp³-hybridized carbons (Fsp3) is 0.500. The molecule has 2 unspecified atom stereocenters. The number of nitrogens with one attached hydrogen (secondary N) is 1. The predicted molar refractivity (Wildman–Crippen MR) is 40.7 cm³/mol. The number of H-pyrrole nitrogens is 1.